The second-order valence-corrected chi connectivity index (χ2v) is 2.01. The van der Waals surface area contributed by atoms with Crippen molar-refractivity contribution in [2.24, 2.45) is 4.99 Å². The van der Waals surface area contributed by atoms with E-state index in [0.29, 0.717) is 0 Å². The summed E-state index contributed by atoms with van der Waals surface area (Å²) in [5, 5.41) is 0. The lowest BCUT2D eigenvalue weighted by atomic mass is 10.3. The van der Waals surface area contributed by atoms with Crippen LogP contribution in [0.1, 0.15) is 12.8 Å². The number of nitrogens with zero attached hydrogens (tertiary/aromatic N) is 1. The van der Waals surface area contributed by atoms with Gasteiger partial charge in [0.2, 0.25) is 0 Å². The molecule has 1 aliphatic rings. The maximum absolute atomic E-state index is 4.14. The van der Waals surface area contributed by atoms with E-state index < -0.39 is 0 Å². The fourth-order valence-electron chi connectivity index (χ4n) is 0.724. The van der Waals surface area contributed by atoms with E-state index in [9.17, 15) is 0 Å². The standard InChI is InChI=1S/C8H11N/c1-2-4-6-8-9-7-5-3-1/h1-3,5,7H,4,6,8H2/b2-1+,5-3-,9-7+. The van der Waals surface area contributed by atoms with Gasteiger partial charge in [0.15, 0.2) is 0 Å². The van der Waals surface area contributed by atoms with Crippen LogP contribution >= 0.6 is 0 Å². The third kappa shape index (κ3) is 2.85. The van der Waals surface area contributed by atoms with Gasteiger partial charge in [-0.05, 0) is 18.9 Å². The highest BCUT2D eigenvalue weighted by molar-refractivity contribution is 5.71. The van der Waals surface area contributed by atoms with Crippen LogP contribution < -0.4 is 0 Å². The van der Waals surface area contributed by atoms with Crippen molar-refractivity contribution in [3.8, 4) is 0 Å². The van der Waals surface area contributed by atoms with Gasteiger partial charge in [-0.3, -0.25) is 4.99 Å². The van der Waals surface area contributed by atoms with Gasteiger partial charge in [-0.1, -0.05) is 18.2 Å². The lowest BCUT2D eigenvalue weighted by Crippen LogP contribution is -1.77. The lowest BCUT2D eigenvalue weighted by molar-refractivity contribution is 0.860. The van der Waals surface area contributed by atoms with Crippen LogP contribution in [0.5, 0.6) is 0 Å². The molecule has 0 bridgehead atoms. The summed E-state index contributed by atoms with van der Waals surface area (Å²) in [5.41, 5.74) is 0. The lowest BCUT2D eigenvalue weighted by Gasteiger charge is -1.85. The minimum Gasteiger partial charge on any atom is -0.293 e. The van der Waals surface area contributed by atoms with Gasteiger partial charge in [0.1, 0.15) is 0 Å². The Morgan fingerprint density at radius 3 is 3.11 bits per heavy atom. The van der Waals surface area contributed by atoms with Gasteiger partial charge in [0.05, 0.1) is 0 Å². The molecule has 0 aliphatic carbocycles. The average Bonchev–Trinajstić information content (AvgIpc) is 2.00. The van der Waals surface area contributed by atoms with Crippen molar-refractivity contribution in [1.29, 1.82) is 0 Å². The second-order valence-electron chi connectivity index (χ2n) is 2.01. The van der Waals surface area contributed by atoms with E-state index in [1.54, 1.807) is 0 Å². The quantitative estimate of drug-likeness (QED) is 0.464. The van der Waals surface area contributed by atoms with E-state index in [4.69, 9.17) is 0 Å². The summed E-state index contributed by atoms with van der Waals surface area (Å²) in [4.78, 5) is 4.14. The summed E-state index contributed by atoms with van der Waals surface area (Å²) in [6, 6.07) is 0. The molecule has 0 spiro atoms. The normalized spacial score (nSPS) is 29.3. The van der Waals surface area contributed by atoms with Gasteiger partial charge in [0.25, 0.3) is 0 Å². The average molecular weight is 121 g/mol. The molecule has 1 rings (SSSR count). The van der Waals surface area contributed by atoms with Crippen LogP contribution in [0.2, 0.25) is 0 Å². The zero-order valence-corrected chi connectivity index (χ0v) is 5.46. The highest BCUT2D eigenvalue weighted by Gasteiger charge is 1.80. The van der Waals surface area contributed by atoms with Gasteiger partial charge in [-0.15, -0.1) is 0 Å². The van der Waals surface area contributed by atoms with E-state index in [0.717, 1.165) is 13.0 Å². The summed E-state index contributed by atoms with van der Waals surface area (Å²) < 4.78 is 0. The molecular formula is C8H11N. The first kappa shape index (κ1) is 6.27. The minimum absolute atomic E-state index is 0.967. The van der Waals surface area contributed by atoms with E-state index in [1.807, 2.05) is 18.4 Å². The first-order chi connectivity index (χ1) is 4.50. The Morgan fingerprint density at radius 2 is 2.11 bits per heavy atom. The largest absolute Gasteiger partial charge is 0.293 e. The number of allylic oxidation sites excluding steroid dienone is 4. The van der Waals surface area contributed by atoms with Gasteiger partial charge < -0.3 is 0 Å². The minimum atomic E-state index is 0.967. The van der Waals surface area contributed by atoms with Crippen LogP contribution in [0.15, 0.2) is 29.3 Å². The second kappa shape index (κ2) is 4.07. The molecule has 0 aromatic heterocycles. The van der Waals surface area contributed by atoms with Crippen LogP contribution in [0.3, 0.4) is 0 Å². The Labute approximate surface area is 55.8 Å². The van der Waals surface area contributed by atoms with E-state index in [1.165, 1.54) is 6.42 Å². The Morgan fingerprint density at radius 1 is 1.11 bits per heavy atom. The fraction of sp³-hybridized carbons (Fsp3) is 0.375. The highest BCUT2D eigenvalue weighted by Crippen LogP contribution is 1.93. The Hall–Kier alpha value is -0.850. The molecule has 0 aromatic carbocycles. The van der Waals surface area contributed by atoms with Gasteiger partial charge in [-0.25, -0.2) is 0 Å². The maximum atomic E-state index is 4.14. The molecule has 0 saturated carbocycles. The number of hydrogen-bond donors (Lipinski definition) is 0. The summed E-state index contributed by atoms with van der Waals surface area (Å²) in [5.74, 6) is 0. The summed E-state index contributed by atoms with van der Waals surface area (Å²) in [7, 11) is 0. The van der Waals surface area contributed by atoms with E-state index >= 15 is 0 Å². The Balaban J connectivity index is 2.45. The van der Waals surface area contributed by atoms with Crippen LogP contribution in [-0.2, 0) is 0 Å². The van der Waals surface area contributed by atoms with Gasteiger partial charge in [-0.2, -0.15) is 0 Å². The molecule has 0 fully saturated rings. The van der Waals surface area contributed by atoms with Crippen LogP contribution in [0, 0.1) is 0 Å². The zero-order chi connectivity index (χ0) is 6.36. The topological polar surface area (TPSA) is 12.4 Å². The van der Waals surface area contributed by atoms with Crippen molar-refractivity contribution in [1.82, 2.24) is 0 Å². The molecule has 1 heterocycles. The number of aliphatic imine (C=N–C) groups is 1. The third-order valence-corrected chi connectivity index (χ3v) is 1.21. The zero-order valence-electron chi connectivity index (χ0n) is 5.46. The summed E-state index contributed by atoms with van der Waals surface area (Å²) >= 11 is 0. The third-order valence-electron chi connectivity index (χ3n) is 1.21. The molecule has 48 valence electrons. The molecule has 1 aliphatic heterocycles. The first-order valence-electron chi connectivity index (χ1n) is 3.32. The van der Waals surface area contributed by atoms with Crippen molar-refractivity contribution in [3.63, 3.8) is 0 Å². The Bertz CT molecular complexity index is 127. The smallest absolute Gasteiger partial charge is 0.0392 e. The summed E-state index contributed by atoms with van der Waals surface area (Å²) in [6.07, 6.45) is 12.4. The molecule has 0 atom stereocenters. The van der Waals surface area contributed by atoms with Crippen LogP contribution in [0.25, 0.3) is 0 Å². The van der Waals surface area contributed by atoms with Crippen molar-refractivity contribution in [3.05, 3.63) is 24.3 Å². The molecule has 0 amide bonds. The van der Waals surface area contributed by atoms with Crippen LogP contribution in [0.4, 0.5) is 0 Å². The summed E-state index contributed by atoms with van der Waals surface area (Å²) in [6.45, 7) is 0.967. The maximum Gasteiger partial charge on any atom is 0.0392 e. The predicted octanol–water partition coefficient (Wildman–Crippen LogP) is 1.96. The first-order valence-corrected chi connectivity index (χ1v) is 3.32. The molecular weight excluding hydrogens is 110 g/mol. The monoisotopic (exact) mass is 121 g/mol. The van der Waals surface area contributed by atoms with Crippen LogP contribution in [-0.4, -0.2) is 12.8 Å². The molecule has 0 unspecified atom stereocenters. The predicted molar refractivity (Wildman–Crippen MR) is 40.9 cm³/mol. The van der Waals surface area contributed by atoms with Crippen molar-refractivity contribution in [2.45, 2.75) is 12.8 Å². The SMILES string of the molecule is C1=C\C=N\CCC/C=C/1. The van der Waals surface area contributed by atoms with Crippen molar-refractivity contribution >= 4 is 6.21 Å². The van der Waals surface area contributed by atoms with E-state index in [2.05, 4.69) is 17.1 Å². The highest BCUT2D eigenvalue weighted by atomic mass is 14.7. The Kier molecular flexibility index (Phi) is 2.84. The molecule has 1 nitrogen and oxygen atoms in total. The molecule has 0 N–H and O–H groups in total. The molecule has 0 radical (unpaired) electrons. The van der Waals surface area contributed by atoms with Gasteiger partial charge in [0, 0.05) is 12.8 Å². The molecule has 9 heavy (non-hydrogen) atoms. The van der Waals surface area contributed by atoms with Crippen molar-refractivity contribution in [2.75, 3.05) is 6.54 Å². The van der Waals surface area contributed by atoms with E-state index in [-0.39, 0.29) is 0 Å². The van der Waals surface area contributed by atoms with Crippen molar-refractivity contribution < 1.29 is 0 Å². The number of rotatable bonds is 0. The molecule has 0 saturated heterocycles. The number of hydrogen-bond acceptors (Lipinski definition) is 1. The van der Waals surface area contributed by atoms with Gasteiger partial charge >= 0.3 is 0 Å². The molecule has 0 aromatic rings. The molecule has 1 heteroatoms. The fourth-order valence-corrected chi connectivity index (χ4v) is 0.724.